The van der Waals surface area contributed by atoms with E-state index in [1.165, 1.54) is 16.7 Å². The van der Waals surface area contributed by atoms with Gasteiger partial charge in [-0.15, -0.1) is 0 Å². The van der Waals surface area contributed by atoms with Gasteiger partial charge in [-0.3, -0.25) is 19.4 Å². The van der Waals surface area contributed by atoms with Crippen LogP contribution in [0.5, 0.6) is 0 Å². The lowest BCUT2D eigenvalue weighted by Crippen LogP contribution is -2.41. The Bertz CT molecular complexity index is 1130. The normalized spacial score (nSPS) is 19.7. The summed E-state index contributed by atoms with van der Waals surface area (Å²) in [6, 6.07) is 13.2. The fraction of sp³-hybridized carbons (Fsp3) is 0.143. The van der Waals surface area contributed by atoms with E-state index >= 15 is 0 Å². The third-order valence-corrected chi connectivity index (χ3v) is 6.34. The van der Waals surface area contributed by atoms with Gasteiger partial charge in [-0.25, -0.2) is 4.79 Å². The smallest absolute Gasteiger partial charge is 0.326 e. The summed E-state index contributed by atoms with van der Waals surface area (Å²) in [5, 5.41) is 9.44. The van der Waals surface area contributed by atoms with Gasteiger partial charge in [0.15, 0.2) is 4.32 Å². The molecule has 1 unspecified atom stereocenters. The van der Waals surface area contributed by atoms with Gasteiger partial charge in [0, 0.05) is 5.56 Å². The first-order chi connectivity index (χ1) is 13.8. The number of benzene rings is 2. The third kappa shape index (κ3) is 2.95. The number of nitrogens with zero attached hydrogens (tertiary/aromatic N) is 2. The molecule has 0 radical (unpaired) electrons. The molecule has 0 bridgehead atoms. The van der Waals surface area contributed by atoms with E-state index in [4.69, 9.17) is 12.2 Å². The molecule has 1 N–H and O–H groups in total. The molecular formula is C21H16N2O4S2. The number of carbonyl (C=O) groups is 3. The number of aliphatic carboxylic acids is 1. The van der Waals surface area contributed by atoms with Gasteiger partial charge in [0.25, 0.3) is 11.8 Å². The Morgan fingerprint density at radius 2 is 1.66 bits per heavy atom. The highest BCUT2D eigenvalue weighted by Crippen LogP contribution is 2.46. The first-order valence-electron chi connectivity index (χ1n) is 8.85. The molecule has 146 valence electrons. The molecule has 2 aromatic carbocycles. The number of hydrogen-bond acceptors (Lipinski definition) is 5. The lowest BCUT2D eigenvalue weighted by molar-refractivity contribution is -0.139. The molecule has 6 nitrogen and oxygen atoms in total. The van der Waals surface area contributed by atoms with E-state index < -0.39 is 17.9 Å². The van der Waals surface area contributed by atoms with E-state index in [-0.39, 0.29) is 16.4 Å². The number of carboxylic acids is 1. The van der Waals surface area contributed by atoms with Crippen LogP contribution in [0.1, 0.15) is 18.1 Å². The number of fused-ring (bicyclic) bond motifs is 1. The number of thiocarbonyl (C=S) groups is 1. The van der Waals surface area contributed by atoms with Crippen molar-refractivity contribution in [2.45, 2.75) is 19.9 Å². The van der Waals surface area contributed by atoms with Crippen LogP contribution in [0.15, 0.2) is 53.4 Å². The molecule has 1 fully saturated rings. The Morgan fingerprint density at radius 3 is 2.31 bits per heavy atom. The zero-order valence-corrected chi connectivity index (χ0v) is 17.2. The zero-order valence-electron chi connectivity index (χ0n) is 15.6. The number of carboxylic acid groups (broad SMARTS) is 1. The van der Waals surface area contributed by atoms with Gasteiger partial charge in [0.2, 0.25) is 0 Å². The predicted molar refractivity (Wildman–Crippen MR) is 117 cm³/mol. The first-order valence-corrected chi connectivity index (χ1v) is 10.1. The van der Waals surface area contributed by atoms with Crippen molar-refractivity contribution in [3.8, 4) is 0 Å². The summed E-state index contributed by atoms with van der Waals surface area (Å²) in [7, 11) is 0. The van der Waals surface area contributed by atoms with Crippen LogP contribution in [-0.4, -0.2) is 33.3 Å². The molecule has 2 aliphatic heterocycles. The molecule has 0 spiro atoms. The number of anilines is 2. The average Bonchev–Trinajstić information content (AvgIpc) is 3.14. The van der Waals surface area contributed by atoms with Gasteiger partial charge < -0.3 is 5.11 Å². The quantitative estimate of drug-likeness (QED) is 0.599. The number of para-hydroxylation sites is 2. The molecule has 0 saturated carbocycles. The van der Waals surface area contributed by atoms with Gasteiger partial charge in [0.05, 0.1) is 21.9 Å². The van der Waals surface area contributed by atoms with Crippen molar-refractivity contribution in [2.24, 2.45) is 0 Å². The molecule has 2 heterocycles. The number of carbonyl (C=O) groups excluding carboxylic acids is 2. The van der Waals surface area contributed by atoms with Crippen LogP contribution in [0.4, 0.5) is 11.4 Å². The second kappa shape index (κ2) is 7.13. The molecular weight excluding hydrogens is 408 g/mol. The minimum absolute atomic E-state index is 0.196. The summed E-state index contributed by atoms with van der Waals surface area (Å²) in [6.07, 6.45) is 0. The highest BCUT2D eigenvalue weighted by Gasteiger charge is 2.44. The average molecular weight is 425 g/mol. The molecule has 29 heavy (non-hydrogen) atoms. The molecule has 0 aromatic heterocycles. The predicted octanol–water partition coefficient (Wildman–Crippen LogP) is 3.59. The molecule has 2 amide bonds. The second-order valence-electron chi connectivity index (χ2n) is 6.71. The van der Waals surface area contributed by atoms with E-state index in [1.54, 1.807) is 30.3 Å². The minimum Gasteiger partial charge on any atom is -0.480 e. The lowest BCUT2D eigenvalue weighted by Gasteiger charge is -2.21. The minimum atomic E-state index is -1.12. The monoisotopic (exact) mass is 424 g/mol. The number of thioether (sulfide) groups is 1. The largest absolute Gasteiger partial charge is 0.480 e. The highest BCUT2D eigenvalue weighted by atomic mass is 32.2. The molecule has 1 atom stereocenters. The van der Waals surface area contributed by atoms with E-state index in [9.17, 15) is 19.5 Å². The third-order valence-electron chi connectivity index (χ3n) is 4.96. The first kappa shape index (κ1) is 19.4. The van der Waals surface area contributed by atoms with Gasteiger partial charge in [-0.1, -0.05) is 60.4 Å². The summed E-state index contributed by atoms with van der Waals surface area (Å²) in [5.41, 5.74) is 2.76. The Kier molecular flexibility index (Phi) is 4.76. The van der Waals surface area contributed by atoms with Gasteiger partial charge in [-0.2, -0.15) is 0 Å². The Morgan fingerprint density at radius 1 is 1.03 bits per heavy atom. The van der Waals surface area contributed by atoms with Crippen LogP contribution in [0.25, 0.3) is 5.57 Å². The Labute approximate surface area is 176 Å². The van der Waals surface area contributed by atoms with Crippen molar-refractivity contribution in [1.29, 1.82) is 0 Å². The molecule has 2 aromatic rings. The number of rotatable bonds is 3. The van der Waals surface area contributed by atoms with Crippen LogP contribution < -0.4 is 9.80 Å². The maximum atomic E-state index is 13.3. The maximum Gasteiger partial charge on any atom is 0.326 e. The van der Waals surface area contributed by atoms with Gasteiger partial charge >= 0.3 is 5.97 Å². The Balaban J connectivity index is 1.87. The van der Waals surface area contributed by atoms with Crippen molar-refractivity contribution >= 4 is 63.0 Å². The van der Waals surface area contributed by atoms with Crippen LogP contribution in [0.3, 0.4) is 0 Å². The van der Waals surface area contributed by atoms with Crippen LogP contribution in [0, 0.1) is 6.92 Å². The van der Waals surface area contributed by atoms with Gasteiger partial charge in [0.1, 0.15) is 6.04 Å². The van der Waals surface area contributed by atoms with Crippen molar-refractivity contribution in [1.82, 2.24) is 0 Å². The van der Waals surface area contributed by atoms with Crippen LogP contribution in [0.2, 0.25) is 0 Å². The summed E-state index contributed by atoms with van der Waals surface area (Å²) in [5.74, 6) is -2.01. The van der Waals surface area contributed by atoms with E-state index in [0.29, 0.717) is 21.3 Å². The van der Waals surface area contributed by atoms with E-state index in [2.05, 4.69) is 0 Å². The fourth-order valence-corrected chi connectivity index (χ4v) is 4.85. The summed E-state index contributed by atoms with van der Waals surface area (Å²) >= 11 is 6.51. The number of aryl methyl sites for hydroxylation is 1. The lowest BCUT2D eigenvalue weighted by atomic mass is 10.1. The van der Waals surface area contributed by atoms with E-state index in [0.717, 1.165) is 17.3 Å². The van der Waals surface area contributed by atoms with Crippen LogP contribution >= 0.6 is 24.0 Å². The number of amides is 2. The SMILES string of the molecule is Cc1ccccc1N1C(=O)C(=C2C(=O)N(C(C)C(=O)O)c3ccccc32)SC1=S. The van der Waals surface area contributed by atoms with Crippen molar-refractivity contribution in [3.05, 3.63) is 64.6 Å². The van der Waals surface area contributed by atoms with Crippen molar-refractivity contribution in [3.63, 3.8) is 0 Å². The number of hydrogen-bond donors (Lipinski definition) is 1. The standard InChI is InChI=1S/C21H16N2O4S2/c1-11-7-3-5-9-14(11)23-19(25)17(29-21(23)28)16-13-8-4-6-10-15(13)22(18(16)24)12(2)20(26)27/h3-10,12H,1-2H3,(H,26,27). The summed E-state index contributed by atoms with van der Waals surface area (Å²) in [4.78, 5) is 40.9. The second-order valence-corrected chi connectivity index (χ2v) is 8.35. The fourth-order valence-electron chi connectivity index (χ4n) is 3.50. The Hall–Kier alpha value is -2.97. The zero-order chi connectivity index (χ0) is 20.9. The van der Waals surface area contributed by atoms with E-state index in [1.807, 2.05) is 25.1 Å². The summed E-state index contributed by atoms with van der Waals surface area (Å²) in [6.45, 7) is 3.33. The molecule has 4 rings (SSSR count). The molecule has 8 heteroatoms. The van der Waals surface area contributed by atoms with Gasteiger partial charge in [-0.05, 0) is 31.5 Å². The topological polar surface area (TPSA) is 77.9 Å². The molecule has 0 aliphatic carbocycles. The van der Waals surface area contributed by atoms with Crippen LogP contribution in [-0.2, 0) is 14.4 Å². The van der Waals surface area contributed by atoms with Crippen molar-refractivity contribution < 1.29 is 19.5 Å². The molecule has 1 saturated heterocycles. The van der Waals surface area contributed by atoms with Crippen molar-refractivity contribution in [2.75, 3.05) is 9.80 Å². The molecule has 2 aliphatic rings. The maximum absolute atomic E-state index is 13.3. The summed E-state index contributed by atoms with van der Waals surface area (Å²) < 4.78 is 0.335. The highest BCUT2D eigenvalue weighted by molar-refractivity contribution is 8.27.